The Balaban J connectivity index is 2.47. The summed E-state index contributed by atoms with van der Waals surface area (Å²) in [6, 6.07) is 4.61. The van der Waals surface area contributed by atoms with Gasteiger partial charge in [-0.15, -0.1) is 11.3 Å². The topological polar surface area (TPSA) is 32.3 Å². The van der Waals surface area contributed by atoms with E-state index in [2.05, 4.69) is 43.6 Å². The zero-order chi connectivity index (χ0) is 12.0. The maximum absolute atomic E-state index is 9.72. The summed E-state index contributed by atoms with van der Waals surface area (Å²) in [6.45, 7) is 7.21. The molecule has 3 heteroatoms. The molecular formula is C13H23NOS. The SMILES string of the molecule is CCCC(O)CNC(c1cccs1)C(C)C. The molecule has 1 heterocycles. The lowest BCUT2D eigenvalue weighted by Gasteiger charge is -2.23. The second kappa shape index (κ2) is 7.05. The molecule has 0 amide bonds. The highest BCUT2D eigenvalue weighted by molar-refractivity contribution is 7.10. The summed E-state index contributed by atoms with van der Waals surface area (Å²) in [6.07, 6.45) is 1.70. The van der Waals surface area contributed by atoms with Gasteiger partial charge in [-0.2, -0.15) is 0 Å². The minimum atomic E-state index is -0.216. The smallest absolute Gasteiger partial charge is 0.0664 e. The molecule has 0 saturated heterocycles. The van der Waals surface area contributed by atoms with Crippen molar-refractivity contribution in [3.63, 3.8) is 0 Å². The molecule has 0 spiro atoms. The van der Waals surface area contributed by atoms with Gasteiger partial charge in [0.25, 0.3) is 0 Å². The molecule has 1 rings (SSSR count). The summed E-state index contributed by atoms with van der Waals surface area (Å²) in [7, 11) is 0. The Bertz CT molecular complexity index is 271. The van der Waals surface area contributed by atoms with E-state index < -0.39 is 0 Å². The molecule has 0 aliphatic carbocycles. The molecule has 0 bridgehead atoms. The van der Waals surface area contributed by atoms with E-state index in [0.717, 1.165) is 12.8 Å². The molecule has 2 N–H and O–H groups in total. The third kappa shape index (κ3) is 4.24. The summed E-state index contributed by atoms with van der Waals surface area (Å²) in [5.41, 5.74) is 0. The number of aliphatic hydroxyl groups is 1. The van der Waals surface area contributed by atoms with Gasteiger partial charge in [0, 0.05) is 17.5 Å². The van der Waals surface area contributed by atoms with Gasteiger partial charge in [-0.05, 0) is 23.8 Å². The lowest BCUT2D eigenvalue weighted by atomic mass is 10.0. The van der Waals surface area contributed by atoms with Crippen LogP contribution >= 0.6 is 11.3 Å². The maximum atomic E-state index is 9.72. The van der Waals surface area contributed by atoms with Crippen LogP contribution in [0.3, 0.4) is 0 Å². The van der Waals surface area contributed by atoms with Crippen LogP contribution in [0.4, 0.5) is 0 Å². The van der Waals surface area contributed by atoms with Crippen molar-refractivity contribution >= 4 is 11.3 Å². The fourth-order valence-electron chi connectivity index (χ4n) is 1.83. The number of nitrogens with one attached hydrogen (secondary N) is 1. The monoisotopic (exact) mass is 241 g/mol. The van der Waals surface area contributed by atoms with E-state index in [1.807, 2.05) is 0 Å². The lowest BCUT2D eigenvalue weighted by Crippen LogP contribution is -2.32. The summed E-state index contributed by atoms with van der Waals surface area (Å²) < 4.78 is 0. The van der Waals surface area contributed by atoms with Crippen LogP contribution < -0.4 is 5.32 Å². The van der Waals surface area contributed by atoms with Gasteiger partial charge in [0.2, 0.25) is 0 Å². The molecule has 0 fully saturated rings. The number of hydrogen-bond acceptors (Lipinski definition) is 3. The average molecular weight is 241 g/mol. The van der Waals surface area contributed by atoms with Crippen LogP contribution in [-0.4, -0.2) is 17.8 Å². The van der Waals surface area contributed by atoms with E-state index in [9.17, 15) is 5.11 Å². The highest BCUT2D eigenvalue weighted by Gasteiger charge is 2.17. The van der Waals surface area contributed by atoms with E-state index in [1.54, 1.807) is 11.3 Å². The van der Waals surface area contributed by atoms with Gasteiger partial charge in [0.1, 0.15) is 0 Å². The zero-order valence-corrected chi connectivity index (χ0v) is 11.3. The fraction of sp³-hybridized carbons (Fsp3) is 0.692. The van der Waals surface area contributed by atoms with Gasteiger partial charge >= 0.3 is 0 Å². The summed E-state index contributed by atoms with van der Waals surface area (Å²) in [5, 5.41) is 15.3. The van der Waals surface area contributed by atoms with Crippen molar-refractivity contribution in [3.8, 4) is 0 Å². The third-order valence-electron chi connectivity index (χ3n) is 2.71. The zero-order valence-electron chi connectivity index (χ0n) is 10.4. The van der Waals surface area contributed by atoms with Crippen LogP contribution in [0.15, 0.2) is 17.5 Å². The third-order valence-corrected chi connectivity index (χ3v) is 3.67. The molecule has 2 nitrogen and oxygen atoms in total. The van der Waals surface area contributed by atoms with E-state index in [0.29, 0.717) is 18.5 Å². The van der Waals surface area contributed by atoms with E-state index >= 15 is 0 Å². The minimum Gasteiger partial charge on any atom is -0.392 e. The van der Waals surface area contributed by atoms with Gasteiger partial charge in [0.05, 0.1) is 6.10 Å². The Hall–Kier alpha value is -0.380. The molecule has 1 aromatic heterocycles. The van der Waals surface area contributed by atoms with Crippen LogP contribution in [-0.2, 0) is 0 Å². The first-order valence-corrected chi connectivity index (χ1v) is 6.98. The molecule has 2 atom stereocenters. The molecule has 0 aliphatic heterocycles. The van der Waals surface area contributed by atoms with E-state index in [1.165, 1.54) is 4.88 Å². The first-order valence-electron chi connectivity index (χ1n) is 6.10. The van der Waals surface area contributed by atoms with Gasteiger partial charge in [0.15, 0.2) is 0 Å². The second-order valence-electron chi connectivity index (χ2n) is 4.59. The van der Waals surface area contributed by atoms with Crippen LogP contribution in [0.2, 0.25) is 0 Å². The van der Waals surface area contributed by atoms with Crippen LogP contribution in [0, 0.1) is 5.92 Å². The van der Waals surface area contributed by atoms with Gasteiger partial charge in [-0.3, -0.25) is 0 Å². The van der Waals surface area contributed by atoms with E-state index in [-0.39, 0.29) is 6.10 Å². The lowest BCUT2D eigenvalue weighted by molar-refractivity contribution is 0.153. The highest BCUT2D eigenvalue weighted by Crippen LogP contribution is 2.25. The molecule has 0 radical (unpaired) electrons. The summed E-state index contributed by atoms with van der Waals surface area (Å²) in [5.74, 6) is 0.549. The number of thiophene rings is 1. The van der Waals surface area contributed by atoms with Crippen molar-refractivity contribution in [1.82, 2.24) is 5.32 Å². The molecule has 0 saturated carbocycles. The van der Waals surface area contributed by atoms with Crippen LogP contribution in [0.25, 0.3) is 0 Å². The average Bonchev–Trinajstić information content (AvgIpc) is 2.71. The first-order chi connectivity index (χ1) is 7.65. The molecule has 16 heavy (non-hydrogen) atoms. The molecule has 0 aliphatic rings. The number of hydrogen-bond donors (Lipinski definition) is 2. The number of rotatable bonds is 7. The Morgan fingerprint density at radius 3 is 2.69 bits per heavy atom. The maximum Gasteiger partial charge on any atom is 0.0664 e. The Labute approximate surface area is 103 Å². The Morgan fingerprint density at radius 2 is 2.19 bits per heavy atom. The first kappa shape index (κ1) is 13.7. The summed E-state index contributed by atoms with van der Waals surface area (Å²) in [4.78, 5) is 1.36. The van der Waals surface area contributed by atoms with Crippen molar-refractivity contribution in [2.75, 3.05) is 6.54 Å². The Morgan fingerprint density at radius 1 is 1.44 bits per heavy atom. The Kier molecular flexibility index (Phi) is 6.03. The molecule has 0 aromatic carbocycles. The molecule has 1 aromatic rings. The quantitative estimate of drug-likeness (QED) is 0.768. The van der Waals surface area contributed by atoms with Crippen LogP contribution in [0.5, 0.6) is 0 Å². The molecular weight excluding hydrogens is 218 g/mol. The largest absolute Gasteiger partial charge is 0.392 e. The van der Waals surface area contributed by atoms with Gasteiger partial charge < -0.3 is 10.4 Å². The standard InChI is InChI=1S/C13H23NOS/c1-4-6-11(15)9-14-13(10(2)3)12-7-5-8-16-12/h5,7-8,10-11,13-15H,4,6,9H2,1-3H3. The van der Waals surface area contributed by atoms with Crippen molar-refractivity contribution in [3.05, 3.63) is 22.4 Å². The van der Waals surface area contributed by atoms with Crippen molar-refractivity contribution in [2.45, 2.75) is 45.8 Å². The fourth-order valence-corrected chi connectivity index (χ4v) is 2.80. The predicted molar refractivity (Wildman–Crippen MR) is 70.8 cm³/mol. The van der Waals surface area contributed by atoms with Crippen molar-refractivity contribution in [2.24, 2.45) is 5.92 Å². The van der Waals surface area contributed by atoms with Gasteiger partial charge in [-0.1, -0.05) is 33.3 Å². The van der Waals surface area contributed by atoms with Crippen molar-refractivity contribution < 1.29 is 5.11 Å². The molecule has 2 unspecified atom stereocenters. The normalized spacial score (nSPS) is 15.3. The molecule has 92 valence electrons. The number of aliphatic hydroxyl groups excluding tert-OH is 1. The van der Waals surface area contributed by atoms with E-state index in [4.69, 9.17) is 0 Å². The minimum absolute atomic E-state index is 0.216. The highest BCUT2D eigenvalue weighted by atomic mass is 32.1. The van der Waals surface area contributed by atoms with Crippen LogP contribution in [0.1, 0.15) is 44.5 Å². The van der Waals surface area contributed by atoms with Gasteiger partial charge in [-0.25, -0.2) is 0 Å². The predicted octanol–water partition coefficient (Wildman–Crippen LogP) is 3.20. The second-order valence-corrected chi connectivity index (χ2v) is 5.57. The van der Waals surface area contributed by atoms with Crippen molar-refractivity contribution in [1.29, 1.82) is 0 Å². The summed E-state index contributed by atoms with van der Waals surface area (Å²) >= 11 is 1.78.